The molecule has 3 aromatic carbocycles. The van der Waals surface area contributed by atoms with E-state index in [4.69, 9.17) is 23.2 Å². The number of halogens is 5. The second kappa shape index (κ2) is 12.0. The van der Waals surface area contributed by atoms with Crippen molar-refractivity contribution in [1.29, 1.82) is 0 Å². The molecule has 4 rings (SSSR count). The summed E-state index contributed by atoms with van der Waals surface area (Å²) >= 11 is 6.03. The summed E-state index contributed by atoms with van der Waals surface area (Å²) in [4.78, 5) is 3.25. The first-order chi connectivity index (χ1) is 20.1. The quantitative estimate of drug-likeness (QED) is 0.126. The number of nitrogens with zero attached hydrogens (tertiary/aromatic N) is 3. The fourth-order valence-electron chi connectivity index (χ4n) is 4.71. The number of imidazole rings is 1. The first kappa shape index (κ1) is 32.0. The highest BCUT2D eigenvalue weighted by molar-refractivity contribution is 7.90. The molecule has 0 radical (unpaired) electrons. The van der Waals surface area contributed by atoms with Crippen LogP contribution in [0.5, 0.6) is 0 Å². The zero-order valence-corrected chi connectivity index (χ0v) is 24.8. The van der Waals surface area contributed by atoms with Gasteiger partial charge in [0.1, 0.15) is 11.6 Å². The number of nitrogens with two attached hydrogens (primary N) is 2. The Morgan fingerprint density at radius 2 is 1.79 bits per heavy atom. The molecule has 0 bridgehead atoms. The molecule has 0 aliphatic rings. The standard InChI is InChI=1S/C29H28ClF4N5O3S/c1-16(18-4-7-21(30)8-5-18)26(13-35)39(36)25-11-19(20-10-23(31)22(15-40)27(12-20)43(3,41)42)6-9-24(25)38-14-28(29(32,33)34)37-17(38)2/h4-14,16,40H,15,35-36H2,1-3H3/b26-13-. The number of hydrogen-bond donors (Lipinski definition) is 3. The SMILES string of the molecule is Cc1nc(C(F)(F)F)cn1-c1ccc(-c2cc(F)c(CO)c(S(C)(=O)=O)c2)cc1N(N)/C(=C\N)C(C)c1ccc(Cl)cc1. The van der Waals surface area contributed by atoms with E-state index in [-0.39, 0.29) is 33.9 Å². The highest BCUT2D eigenvalue weighted by atomic mass is 35.5. The summed E-state index contributed by atoms with van der Waals surface area (Å²) < 4.78 is 81.6. The van der Waals surface area contributed by atoms with Crippen molar-refractivity contribution in [2.45, 2.75) is 37.4 Å². The molecule has 4 aromatic rings. The van der Waals surface area contributed by atoms with Gasteiger partial charge in [0.15, 0.2) is 15.5 Å². The molecule has 5 N–H and O–H groups in total. The van der Waals surface area contributed by atoms with Crippen molar-refractivity contribution in [3.05, 3.63) is 106 Å². The zero-order valence-electron chi connectivity index (χ0n) is 23.2. The lowest BCUT2D eigenvalue weighted by Gasteiger charge is -2.29. The smallest absolute Gasteiger partial charge is 0.403 e. The number of benzene rings is 3. The zero-order chi connectivity index (χ0) is 31.9. The summed E-state index contributed by atoms with van der Waals surface area (Å²) in [6, 6.07) is 13.6. The molecule has 0 spiro atoms. The van der Waals surface area contributed by atoms with Crippen molar-refractivity contribution in [1.82, 2.24) is 9.55 Å². The molecule has 0 aliphatic heterocycles. The summed E-state index contributed by atoms with van der Waals surface area (Å²) in [5.41, 5.74) is 6.39. The summed E-state index contributed by atoms with van der Waals surface area (Å²) in [5.74, 6) is 5.26. The second-order valence-corrected chi connectivity index (χ2v) is 12.3. The minimum atomic E-state index is -4.71. The molecule has 0 aliphatic carbocycles. The molecule has 1 atom stereocenters. The maximum atomic E-state index is 15.0. The average molecular weight is 638 g/mol. The van der Waals surface area contributed by atoms with Crippen molar-refractivity contribution in [3.63, 3.8) is 0 Å². The van der Waals surface area contributed by atoms with Gasteiger partial charge in [-0.2, -0.15) is 13.2 Å². The number of aryl methyl sites for hydroxylation is 1. The number of rotatable bonds is 8. The van der Waals surface area contributed by atoms with E-state index >= 15 is 0 Å². The first-order valence-electron chi connectivity index (χ1n) is 12.7. The second-order valence-electron chi connectivity index (χ2n) is 9.84. The summed E-state index contributed by atoms with van der Waals surface area (Å²) in [7, 11) is -3.94. The molecular weight excluding hydrogens is 610 g/mol. The number of hydrogen-bond acceptors (Lipinski definition) is 7. The Morgan fingerprint density at radius 3 is 2.33 bits per heavy atom. The van der Waals surface area contributed by atoms with E-state index in [1.165, 1.54) is 47.0 Å². The normalized spacial score (nSPS) is 13.3. The maximum Gasteiger partial charge on any atom is 0.434 e. The van der Waals surface area contributed by atoms with Crippen LogP contribution in [-0.4, -0.2) is 29.3 Å². The van der Waals surface area contributed by atoms with E-state index < -0.39 is 44.9 Å². The van der Waals surface area contributed by atoms with Crippen LogP contribution in [0.1, 0.15) is 35.5 Å². The Kier molecular flexibility index (Phi) is 8.93. The Hall–Kier alpha value is -3.91. The molecule has 1 aromatic heterocycles. The van der Waals surface area contributed by atoms with Crippen molar-refractivity contribution in [2.24, 2.45) is 11.6 Å². The van der Waals surface area contributed by atoms with Crippen molar-refractivity contribution in [3.8, 4) is 16.8 Å². The van der Waals surface area contributed by atoms with Crippen LogP contribution < -0.4 is 16.6 Å². The Bertz CT molecular complexity index is 1810. The molecule has 14 heteroatoms. The highest BCUT2D eigenvalue weighted by Gasteiger charge is 2.35. The van der Waals surface area contributed by atoms with Gasteiger partial charge < -0.3 is 15.4 Å². The molecule has 0 saturated carbocycles. The molecule has 0 fully saturated rings. The van der Waals surface area contributed by atoms with Gasteiger partial charge >= 0.3 is 6.18 Å². The molecule has 1 heterocycles. The lowest BCUT2D eigenvalue weighted by Crippen LogP contribution is -2.34. The van der Waals surface area contributed by atoms with Gasteiger partial charge in [0.25, 0.3) is 0 Å². The van der Waals surface area contributed by atoms with Crippen LogP contribution in [0.2, 0.25) is 5.02 Å². The van der Waals surface area contributed by atoms with E-state index in [1.54, 1.807) is 24.3 Å². The van der Waals surface area contributed by atoms with Crippen LogP contribution in [0, 0.1) is 12.7 Å². The van der Waals surface area contributed by atoms with Gasteiger partial charge in [-0.05, 0) is 60.0 Å². The Morgan fingerprint density at radius 1 is 1.14 bits per heavy atom. The van der Waals surface area contributed by atoms with Crippen LogP contribution in [0.25, 0.3) is 16.8 Å². The van der Waals surface area contributed by atoms with E-state index in [9.17, 15) is 31.1 Å². The third-order valence-electron chi connectivity index (χ3n) is 6.98. The van der Waals surface area contributed by atoms with Crippen LogP contribution in [0.4, 0.5) is 23.2 Å². The van der Waals surface area contributed by atoms with Gasteiger partial charge in [-0.25, -0.2) is 23.6 Å². The number of sulfone groups is 1. The van der Waals surface area contributed by atoms with E-state index in [2.05, 4.69) is 4.98 Å². The molecule has 8 nitrogen and oxygen atoms in total. The van der Waals surface area contributed by atoms with Crippen LogP contribution in [0.3, 0.4) is 0 Å². The first-order valence-corrected chi connectivity index (χ1v) is 15.0. The predicted molar refractivity (Wildman–Crippen MR) is 157 cm³/mol. The minimum absolute atomic E-state index is 0.0106. The third-order valence-corrected chi connectivity index (χ3v) is 8.39. The van der Waals surface area contributed by atoms with Gasteiger partial charge in [0.05, 0.1) is 28.6 Å². The van der Waals surface area contributed by atoms with Crippen molar-refractivity contribution >= 4 is 27.1 Å². The average Bonchev–Trinajstić information content (AvgIpc) is 3.34. The molecule has 228 valence electrons. The van der Waals surface area contributed by atoms with E-state index in [0.29, 0.717) is 10.7 Å². The highest BCUT2D eigenvalue weighted by Crippen LogP contribution is 2.38. The fraction of sp³-hybridized carbons (Fsp3) is 0.207. The lowest BCUT2D eigenvalue weighted by atomic mass is 9.96. The van der Waals surface area contributed by atoms with Crippen LogP contribution in [-0.2, 0) is 22.6 Å². The number of aliphatic hydroxyl groups is 1. The van der Waals surface area contributed by atoms with E-state index in [1.807, 2.05) is 6.92 Å². The van der Waals surface area contributed by atoms with Gasteiger partial charge in [0, 0.05) is 35.2 Å². The minimum Gasteiger partial charge on any atom is -0.403 e. The van der Waals surface area contributed by atoms with Gasteiger partial charge in [-0.15, -0.1) is 0 Å². The van der Waals surface area contributed by atoms with Crippen molar-refractivity contribution in [2.75, 3.05) is 11.3 Å². The van der Waals surface area contributed by atoms with Crippen molar-refractivity contribution < 1.29 is 31.1 Å². The Balaban J connectivity index is 1.95. The van der Waals surface area contributed by atoms with Gasteiger partial charge in [0.2, 0.25) is 0 Å². The fourth-order valence-corrected chi connectivity index (χ4v) is 5.79. The van der Waals surface area contributed by atoms with E-state index in [0.717, 1.165) is 24.1 Å². The molecule has 0 saturated heterocycles. The number of anilines is 1. The lowest BCUT2D eigenvalue weighted by molar-refractivity contribution is -0.141. The number of allylic oxidation sites excluding steroid dienone is 1. The molecule has 1 unspecified atom stereocenters. The number of alkyl halides is 3. The summed E-state index contributed by atoms with van der Waals surface area (Å²) in [6.07, 6.45) is -1.74. The van der Waals surface area contributed by atoms with Gasteiger partial charge in [-0.1, -0.05) is 36.7 Å². The third kappa shape index (κ3) is 6.54. The number of hydrazine groups is 1. The predicted octanol–water partition coefficient (Wildman–Crippen LogP) is 5.84. The summed E-state index contributed by atoms with van der Waals surface area (Å²) in [5, 5.41) is 11.3. The van der Waals surface area contributed by atoms with Gasteiger partial charge in [-0.3, -0.25) is 5.01 Å². The largest absolute Gasteiger partial charge is 0.434 e. The maximum absolute atomic E-state index is 15.0. The number of aliphatic hydroxyl groups excluding tert-OH is 1. The molecular formula is C29H28ClF4N5O3S. The Labute approximate surface area is 250 Å². The van der Waals surface area contributed by atoms with Crippen LogP contribution >= 0.6 is 11.6 Å². The van der Waals surface area contributed by atoms with Crippen LogP contribution in [0.15, 0.2) is 77.6 Å². The topological polar surface area (TPSA) is 127 Å². The molecule has 43 heavy (non-hydrogen) atoms. The summed E-state index contributed by atoms with van der Waals surface area (Å²) in [6.45, 7) is 2.37. The number of aromatic nitrogens is 2. The monoisotopic (exact) mass is 637 g/mol. The molecule has 0 amide bonds.